The first-order valence-corrected chi connectivity index (χ1v) is 7.85. The first kappa shape index (κ1) is 17.4. The Kier molecular flexibility index (Phi) is 8.06. The molecule has 0 saturated heterocycles. The van der Waals surface area contributed by atoms with Crippen molar-refractivity contribution in [1.29, 1.82) is 0 Å². The molecular formula is C14H27N3O2S. The van der Waals surface area contributed by atoms with Crippen molar-refractivity contribution in [3.8, 4) is 0 Å². The van der Waals surface area contributed by atoms with E-state index < -0.39 is 0 Å². The van der Waals surface area contributed by atoms with Gasteiger partial charge in [0.1, 0.15) is 0 Å². The summed E-state index contributed by atoms with van der Waals surface area (Å²) in [5.74, 6) is 0. The summed E-state index contributed by atoms with van der Waals surface area (Å²) in [6.45, 7) is 7.44. The molecule has 0 aromatic carbocycles. The van der Waals surface area contributed by atoms with Crippen molar-refractivity contribution < 1.29 is 9.47 Å². The lowest BCUT2D eigenvalue weighted by Gasteiger charge is -2.23. The highest BCUT2D eigenvalue weighted by Gasteiger charge is 2.17. The van der Waals surface area contributed by atoms with E-state index in [1.165, 1.54) is 4.88 Å². The molecule has 0 bridgehead atoms. The summed E-state index contributed by atoms with van der Waals surface area (Å²) in [5, 5.41) is 4.45. The second-order valence-electron chi connectivity index (χ2n) is 4.89. The Hall–Kier alpha value is -0.690. The Balaban J connectivity index is 2.78. The molecule has 5 nitrogen and oxygen atoms in total. The van der Waals surface area contributed by atoms with Crippen molar-refractivity contribution in [2.24, 2.45) is 0 Å². The fourth-order valence-electron chi connectivity index (χ4n) is 1.83. The van der Waals surface area contributed by atoms with Crippen LogP contribution in [0.5, 0.6) is 0 Å². The standard InChI is InChI=1S/C14H27N3O2S/c1-6-7-15-8-13-12(10-19-5)16-14(20-13)17(3)11(2)9-18-4/h11,15H,6-10H2,1-5H3. The van der Waals surface area contributed by atoms with E-state index in [9.17, 15) is 0 Å². The predicted octanol–water partition coefficient (Wildman–Crippen LogP) is 2.26. The van der Waals surface area contributed by atoms with E-state index in [1.54, 1.807) is 25.6 Å². The molecule has 1 heterocycles. The summed E-state index contributed by atoms with van der Waals surface area (Å²) in [7, 11) is 5.49. The number of thiazole rings is 1. The molecule has 6 heteroatoms. The van der Waals surface area contributed by atoms with Gasteiger partial charge >= 0.3 is 0 Å². The SMILES string of the molecule is CCCNCc1sc(N(C)C(C)COC)nc1COC. The van der Waals surface area contributed by atoms with Crippen molar-refractivity contribution in [1.82, 2.24) is 10.3 Å². The Labute approximate surface area is 126 Å². The van der Waals surface area contributed by atoms with E-state index >= 15 is 0 Å². The smallest absolute Gasteiger partial charge is 0.185 e. The number of likely N-dealkylation sites (N-methyl/N-ethyl adjacent to an activating group) is 1. The number of ether oxygens (including phenoxy) is 2. The molecule has 0 fully saturated rings. The molecule has 1 N–H and O–H groups in total. The maximum absolute atomic E-state index is 5.25. The second-order valence-corrected chi connectivity index (χ2v) is 5.95. The van der Waals surface area contributed by atoms with Gasteiger partial charge in [0.25, 0.3) is 0 Å². The number of aromatic nitrogens is 1. The van der Waals surface area contributed by atoms with E-state index in [0.29, 0.717) is 19.3 Å². The van der Waals surface area contributed by atoms with E-state index in [2.05, 4.69) is 31.1 Å². The highest BCUT2D eigenvalue weighted by molar-refractivity contribution is 7.15. The van der Waals surface area contributed by atoms with E-state index in [4.69, 9.17) is 14.5 Å². The highest BCUT2D eigenvalue weighted by atomic mass is 32.1. The second kappa shape index (κ2) is 9.28. The number of methoxy groups -OCH3 is 2. The van der Waals surface area contributed by atoms with E-state index in [1.807, 2.05) is 0 Å². The number of rotatable bonds is 10. The summed E-state index contributed by atoms with van der Waals surface area (Å²) < 4.78 is 10.5. The summed E-state index contributed by atoms with van der Waals surface area (Å²) in [6, 6.07) is 0.304. The lowest BCUT2D eigenvalue weighted by atomic mass is 10.3. The molecule has 1 aromatic rings. The number of nitrogens with one attached hydrogen (secondary N) is 1. The average molecular weight is 301 g/mol. The summed E-state index contributed by atoms with van der Waals surface area (Å²) >= 11 is 1.73. The lowest BCUT2D eigenvalue weighted by Crippen LogP contribution is -2.32. The normalized spacial score (nSPS) is 12.7. The molecular weight excluding hydrogens is 274 g/mol. The van der Waals surface area contributed by atoms with Crippen LogP contribution in [0.1, 0.15) is 30.8 Å². The Morgan fingerprint density at radius 1 is 1.35 bits per heavy atom. The van der Waals surface area contributed by atoms with Crippen molar-refractivity contribution in [3.05, 3.63) is 10.6 Å². The minimum atomic E-state index is 0.304. The minimum absolute atomic E-state index is 0.304. The van der Waals surface area contributed by atoms with Gasteiger partial charge in [-0.25, -0.2) is 4.98 Å². The average Bonchev–Trinajstić information content (AvgIpc) is 2.82. The first-order valence-electron chi connectivity index (χ1n) is 7.04. The third-order valence-electron chi connectivity index (χ3n) is 3.13. The quantitative estimate of drug-likeness (QED) is 0.672. The molecule has 1 atom stereocenters. The molecule has 20 heavy (non-hydrogen) atoms. The van der Waals surface area contributed by atoms with Crippen LogP contribution < -0.4 is 10.2 Å². The molecule has 0 aliphatic heterocycles. The zero-order valence-electron chi connectivity index (χ0n) is 13.2. The van der Waals surface area contributed by atoms with Gasteiger partial charge in [-0.15, -0.1) is 11.3 Å². The zero-order valence-corrected chi connectivity index (χ0v) is 14.0. The van der Waals surface area contributed by atoms with Crippen LogP contribution in [-0.2, 0) is 22.6 Å². The van der Waals surface area contributed by atoms with Crippen molar-refractivity contribution in [3.63, 3.8) is 0 Å². The fraction of sp³-hybridized carbons (Fsp3) is 0.786. The van der Waals surface area contributed by atoms with Crippen LogP contribution in [0, 0.1) is 0 Å². The Morgan fingerprint density at radius 2 is 2.10 bits per heavy atom. The molecule has 1 aromatic heterocycles. The molecule has 1 unspecified atom stereocenters. The van der Waals surface area contributed by atoms with Crippen LogP contribution in [0.3, 0.4) is 0 Å². The van der Waals surface area contributed by atoms with Crippen LogP contribution in [0.2, 0.25) is 0 Å². The Morgan fingerprint density at radius 3 is 2.70 bits per heavy atom. The third-order valence-corrected chi connectivity index (χ3v) is 4.32. The van der Waals surface area contributed by atoms with Gasteiger partial charge in [0, 0.05) is 32.7 Å². The zero-order chi connectivity index (χ0) is 15.0. The maximum Gasteiger partial charge on any atom is 0.185 e. The summed E-state index contributed by atoms with van der Waals surface area (Å²) in [4.78, 5) is 8.13. The summed E-state index contributed by atoms with van der Waals surface area (Å²) in [5.41, 5.74) is 1.03. The van der Waals surface area contributed by atoms with Crippen molar-refractivity contribution in [2.45, 2.75) is 39.5 Å². The lowest BCUT2D eigenvalue weighted by molar-refractivity contribution is 0.180. The van der Waals surface area contributed by atoms with Gasteiger partial charge in [-0.2, -0.15) is 0 Å². The third kappa shape index (κ3) is 5.01. The van der Waals surface area contributed by atoms with Gasteiger partial charge in [0.2, 0.25) is 0 Å². The topological polar surface area (TPSA) is 46.6 Å². The molecule has 0 aliphatic carbocycles. The van der Waals surface area contributed by atoms with Gasteiger partial charge in [-0.1, -0.05) is 6.92 Å². The van der Waals surface area contributed by atoms with Crippen LogP contribution in [0.15, 0.2) is 0 Å². The van der Waals surface area contributed by atoms with Crippen molar-refractivity contribution >= 4 is 16.5 Å². The molecule has 0 saturated carbocycles. The Bertz CT molecular complexity index is 384. The monoisotopic (exact) mass is 301 g/mol. The minimum Gasteiger partial charge on any atom is -0.383 e. The van der Waals surface area contributed by atoms with Gasteiger partial charge in [0.05, 0.1) is 24.9 Å². The molecule has 1 rings (SSSR count). The van der Waals surface area contributed by atoms with Crippen LogP contribution >= 0.6 is 11.3 Å². The molecule has 0 amide bonds. The molecule has 116 valence electrons. The molecule has 0 aliphatic rings. The van der Waals surface area contributed by atoms with Gasteiger partial charge in [-0.05, 0) is 19.9 Å². The number of nitrogens with zero attached hydrogens (tertiary/aromatic N) is 2. The van der Waals surface area contributed by atoms with Gasteiger partial charge < -0.3 is 19.7 Å². The number of anilines is 1. The van der Waals surface area contributed by atoms with Crippen LogP contribution in [-0.4, -0.2) is 45.4 Å². The fourth-order valence-corrected chi connectivity index (χ4v) is 2.93. The number of hydrogen-bond donors (Lipinski definition) is 1. The molecule has 0 radical (unpaired) electrons. The molecule has 0 spiro atoms. The maximum atomic E-state index is 5.25. The van der Waals surface area contributed by atoms with E-state index in [-0.39, 0.29) is 0 Å². The van der Waals surface area contributed by atoms with E-state index in [0.717, 1.165) is 30.3 Å². The first-order chi connectivity index (χ1) is 9.63. The summed E-state index contributed by atoms with van der Waals surface area (Å²) in [6.07, 6.45) is 1.13. The van der Waals surface area contributed by atoms with Crippen molar-refractivity contribution in [2.75, 3.05) is 39.3 Å². The predicted molar refractivity (Wildman–Crippen MR) is 84.6 cm³/mol. The van der Waals surface area contributed by atoms with Gasteiger partial charge in [0.15, 0.2) is 5.13 Å². The number of hydrogen-bond acceptors (Lipinski definition) is 6. The van der Waals surface area contributed by atoms with Gasteiger partial charge in [-0.3, -0.25) is 0 Å². The van der Waals surface area contributed by atoms with Crippen LogP contribution in [0.4, 0.5) is 5.13 Å². The largest absolute Gasteiger partial charge is 0.383 e. The van der Waals surface area contributed by atoms with Crippen LogP contribution in [0.25, 0.3) is 0 Å². The highest BCUT2D eigenvalue weighted by Crippen LogP contribution is 2.27.